The number of halogens is 1. The van der Waals surface area contributed by atoms with Crippen LogP contribution in [0.25, 0.3) is 0 Å². The second-order valence-electron chi connectivity index (χ2n) is 7.05. The third kappa shape index (κ3) is 3.17. The molecular weight excluding hydrogens is 362 g/mol. The van der Waals surface area contributed by atoms with Gasteiger partial charge in [0.15, 0.2) is 0 Å². The first kappa shape index (κ1) is 17.7. The molecule has 2 aromatic carbocycles. The van der Waals surface area contributed by atoms with Crippen molar-refractivity contribution in [2.75, 3.05) is 20.2 Å². The lowest BCUT2D eigenvalue weighted by atomic mass is 9.64. The van der Waals surface area contributed by atoms with Gasteiger partial charge >= 0.3 is 0 Å². The van der Waals surface area contributed by atoms with Gasteiger partial charge in [0.1, 0.15) is 0 Å². The van der Waals surface area contributed by atoms with Crippen LogP contribution < -0.4 is 0 Å². The third-order valence-electron chi connectivity index (χ3n) is 5.80. The molecule has 1 heterocycles. The van der Waals surface area contributed by atoms with Gasteiger partial charge in [-0.25, -0.2) is 0 Å². The van der Waals surface area contributed by atoms with Crippen molar-refractivity contribution >= 4 is 15.9 Å². The van der Waals surface area contributed by atoms with E-state index < -0.39 is 0 Å². The van der Waals surface area contributed by atoms with Crippen LogP contribution in [0, 0.1) is 5.92 Å². The highest BCUT2D eigenvalue weighted by molar-refractivity contribution is 9.10. The predicted octanol–water partition coefficient (Wildman–Crippen LogP) is 4.46. The fourth-order valence-corrected chi connectivity index (χ4v) is 4.57. The van der Waals surface area contributed by atoms with Crippen LogP contribution in [-0.4, -0.2) is 36.2 Å². The summed E-state index contributed by atoms with van der Waals surface area (Å²) in [4.78, 5) is 2.42. The first-order chi connectivity index (χ1) is 11.6. The van der Waals surface area contributed by atoms with Gasteiger partial charge < -0.3 is 10.0 Å². The Morgan fingerprint density at radius 3 is 2.29 bits per heavy atom. The number of aliphatic hydroxyl groups excluding tert-OH is 1. The van der Waals surface area contributed by atoms with Crippen molar-refractivity contribution in [2.45, 2.75) is 31.2 Å². The fraction of sp³-hybridized carbons (Fsp3) is 0.429. The molecule has 1 aliphatic heterocycles. The Morgan fingerprint density at radius 2 is 1.75 bits per heavy atom. The molecule has 3 unspecified atom stereocenters. The zero-order valence-corrected chi connectivity index (χ0v) is 16.0. The van der Waals surface area contributed by atoms with Crippen LogP contribution in [-0.2, 0) is 5.41 Å². The highest BCUT2D eigenvalue weighted by Gasteiger charge is 2.44. The topological polar surface area (TPSA) is 23.5 Å². The van der Waals surface area contributed by atoms with Crippen molar-refractivity contribution in [3.63, 3.8) is 0 Å². The molecule has 0 aromatic heterocycles. The number of benzene rings is 2. The van der Waals surface area contributed by atoms with E-state index in [1.807, 2.05) is 0 Å². The summed E-state index contributed by atoms with van der Waals surface area (Å²) >= 11 is 3.54. The monoisotopic (exact) mass is 387 g/mol. The molecule has 3 heteroatoms. The van der Waals surface area contributed by atoms with Crippen LogP contribution in [0.3, 0.4) is 0 Å². The SMILES string of the molecule is CN1CCCC1C(CO)C(C)(c1ccccc1)c1ccc(Br)cc1. The molecular formula is C21H26BrNO. The molecule has 1 fully saturated rings. The summed E-state index contributed by atoms with van der Waals surface area (Å²) in [5.41, 5.74) is 2.31. The van der Waals surface area contributed by atoms with Crippen LogP contribution in [0.5, 0.6) is 0 Å². The van der Waals surface area contributed by atoms with E-state index in [0.717, 1.165) is 17.4 Å². The van der Waals surface area contributed by atoms with Crippen LogP contribution in [0.4, 0.5) is 0 Å². The molecule has 1 saturated heterocycles. The van der Waals surface area contributed by atoms with Crippen molar-refractivity contribution in [2.24, 2.45) is 5.92 Å². The second kappa shape index (κ2) is 7.38. The molecule has 128 valence electrons. The molecule has 2 aromatic rings. The standard InChI is InChI=1S/C21H26BrNO/c1-21(16-7-4-3-5-8-16,17-10-12-18(22)13-11-17)19(15-24)20-9-6-14-23(20)2/h3-5,7-8,10-13,19-20,24H,6,9,14-15H2,1-2H3. The number of hydrogen-bond acceptors (Lipinski definition) is 2. The number of rotatable bonds is 5. The first-order valence-electron chi connectivity index (χ1n) is 8.70. The summed E-state index contributed by atoms with van der Waals surface area (Å²) in [6.45, 7) is 3.60. The minimum atomic E-state index is -0.222. The van der Waals surface area contributed by atoms with E-state index in [9.17, 15) is 5.11 Å². The number of aliphatic hydroxyl groups is 1. The molecule has 0 radical (unpaired) electrons. The van der Waals surface area contributed by atoms with E-state index in [0.29, 0.717) is 6.04 Å². The molecule has 1 aliphatic rings. The minimum Gasteiger partial charge on any atom is -0.396 e. The minimum absolute atomic E-state index is 0.161. The molecule has 0 amide bonds. The van der Waals surface area contributed by atoms with E-state index in [-0.39, 0.29) is 17.9 Å². The lowest BCUT2D eigenvalue weighted by molar-refractivity contribution is 0.0994. The summed E-state index contributed by atoms with van der Waals surface area (Å²) in [6.07, 6.45) is 2.36. The Balaban J connectivity index is 2.12. The number of nitrogens with zero attached hydrogens (tertiary/aromatic N) is 1. The second-order valence-corrected chi connectivity index (χ2v) is 7.97. The molecule has 3 rings (SSSR count). The molecule has 3 atom stereocenters. The largest absolute Gasteiger partial charge is 0.396 e. The van der Waals surface area contributed by atoms with Crippen LogP contribution in [0.15, 0.2) is 59.1 Å². The van der Waals surface area contributed by atoms with Gasteiger partial charge in [-0.2, -0.15) is 0 Å². The van der Waals surface area contributed by atoms with Crippen molar-refractivity contribution in [1.29, 1.82) is 0 Å². The quantitative estimate of drug-likeness (QED) is 0.818. The lowest BCUT2D eigenvalue weighted by Crippen LogP contribution is -2.47. The predicted molar refractivity (Wildman–Crippen MR) is 103 cm³/mol. The van der Waals surface area contributed by atoms with Crippen molar-refractivity contribution in [3.05, 3.63) is 70.2 Å². The average molecular weight is 388 g/mol. The zero-order chi connectivity index (χ0) is 17.2. The lowest BCUT2D eigenvalue weighted by Gasteiger charge is -2.43. The summed E-state index contributed by atoms with van der Waals surface area (Å²) in [6, 6.07) is 19.6. The van der Waals surface area contributed by atoms with Crippen molar-refractivity contribution < 1.29 is 5.11 Å². The molecule has 0 bridgehead atoms. The van der Waals surface area contributed by atoms with E-state index >= 15 is 0 Å². The van der Waals surface area contributed by atoms with Gasteiger partial charge in [-0.3, -0.25) is 0 Å². The maximum atomic E-state index is 10.4. The molecule has 24 heavy (non-hydrogen) atoms. The van der Waals surface area contributed by atoms with E-state index in [2.05, 4.69) is 89.4 Å². The van der Waals surface area contributed by atoms with Crippen molar-refractivity contribution in [1.82, 2.24) is 4.90 Å². The Kier molecular flexibility index (Phi) is 5.43. The third-order valence-corrected chi connectivity index (χ3v) is 6.33. The van der Waals surface area contributed by atoms with Gasteiger partial charge in [0.25, 0.3) is 0 Å². The van der Waals surface area contributed by atoms with Crippen LogP contribution in [0.2, 0.25) is 0 Å². The Hall–Kier alpha value is -1.16. The van der Waals surface area contributed by atoms with E-state index in [4.69, 9.17) is 0 Å². The van der Waals surface area contributed by atoms with Crippen molar-refractivity contribution in [3.8, 4) is 0 Å². The van der Waals surface area contributed by atoms with Gasteiger partial charge in [0, 0.05) is 28.5 Å². The Morgan fingerprint density at radius 1 is 1.12 bits per heavy atom. The maximum absolute atomic E-state index is 10.4. The molecule has 1 N–H and O–H groups in total. The molecule has 0 saturated carbocycles. The number of likely N-dealkylation sites (tertiary alicyclic amines) is 1. The highest BCUT2D eigenvalue weighted by Crippen LogP contribution is 2.43. The summed E-state index contributed by atoms with van der Waals surface area (Å²) in [5, 5.41) is 10.4. The summed E-state index contributed by atoms with van der Waals surface area (Å²) < 4.78 is 1.08. The van der Waals surface area contributed by atoms with E-state index in [1.54, 1.807) is 0 Å². The number of hydrogen-bond donors (Lipinski definition) is 1. The molecule has 0 spiro atoms. The van der Waals surface area contributed by atoms with Crippen LogP contribution in [0.1, 0.15) is 30.9 Å². The van der Waals surface area contributed by atoms with Gasteiger partial charge in [0.05, 0.1) is 0 Å². The van der Waals surface area contributed by atoms with Gasteiger partial charge in [0.2, 0.25) is 0 Å². The Bertz CT molecular complexity index is 657. The normalized spacial score (nSPS) is 22.2. The van der Waals surface area contributed by atoms with Gasteiger partial charge in [-0.1, -0.05) is 65.3 Å². The maximum Gasteiger partial charge on any atom is 0.0485 e. The molecule has 0 aliphatic carbocycles. The molecule has 2 nitrogen and oxygen atoms in total. The summed E-state index contributed by atoms with van der Waals surface area (Å²) in [7, 11) is 2.19. The van der Waals surface area contributed by atoms with Crippen LogP contribution >= 0.6 is 15.9 Å². The van der Waals surface area contributed by atoms with Gasteiger partial charge in [-0.15, -0.1) is 0 Å². The van der Waals surface area contributed by atoms with Gasteiger partial charge in [-0.05, 0) is 49.7 Å². The highest BCUT2D eigenvalue weighted by atomic mass is 79.9. The zero-order valence-electron chi connectivity index (χ0n) is 14.5. The average Bonchev–Trinajstić information content (AvgIpc) is 3.02. The fourth-order valence-electron chi connectivity index (χ4n) is 4.31. The Labute approximate surface area is 153 Å². The van der Waals surface area contributed by atoms with E-state index in [1.165, 1.54) is 17.5 Å². The first-order valence-corrected chi connectivity index (χ1v) is 9.49. The summed E-state index contributed by atoms with van der Waals surface area (Å²) in [5.74, 6) is 0.161. The smallest absolute Gasteiger partial charge is 0.0485 e.